The molecule has 0 aliphatic carbocycles. The Labute approximate surface area is 162 Å². The number of carbonyl (C=O) groups excluding carboxylic acids is 2. The molecule has 0 saturated carbocycles. The molecule has 0 bridgehead atoms. The lowest BCUT2D eigenvalue weighted by molar-refractivity contribution is -0.147. The molecule has 0 fully saturated rings. The number of hydrogen-bond donors (Lipinski definition) is 0. The Kier molecular flexibility index (Phi) is 16.6. The summed E-state index contributed by atoms with van der Waals surface area (Å²) in [7, 11) is 0. The van der Waals surface area contributed by atoms with Crippen molar-refractivity contribution in [1.29, 1.82) is 0 Å². The average molecular weight is 367 g/mol. The maximum Gasteiger partial charge on any atom is 0.305 e. The number of rotatable bonds is 18. The van der Waals surface area contributed by atoms with Gasteiger partial charge in [-0.05, 0) is 46.0 Å². The van der Waals surface area contributed by atoms with E-state index in [0.717, 1.165) is 19.1 Å². The predicted molar refractivity (Wildman–Crippen MR) is 110 cm³/mol. The molecule has 0 aromatic carbocycles. The molecule has 0 spiro atoms. The third-order valence-electron chi connectivity index (χ3n) is 4.57. The topological polar surface area (TPSA) is 43.4 Å². The first-order valence-electron chi connectivity index (χ1n) is 10.8. The number of allylic oxidation sites excluding steroid dienone is 2. The Hall–Kier alpha value is -1.12. The molecule has 0 aromatic rings. The van der Waals surface area contributed by atoms with Gasteiger partial charge in [0.25, 0.3) is 0 Å². The van der Waals surface area contributed by atoms with E-state index in [2.05, 4.69) is 19.1 Å². The van der Waals surface area contributed by atoms with E-state index in [9.17, 15) is 9.59 Å². The van der Waals surface area contributed by atoms with Gasteiger partial charge in [0, 0.05) is 6.42 Å². The molecule has 0 aliphatic heterocycles. The van der Waals surface area contributed by atoms with E-state index in [-0.39, 0.29) is 12.6 Å². The van der Waals surface area contributed by atoms with Gasteiger partial charge in [-0.3, -0.25) is 4.79 Å². The summed E-state index contributed by atoms with van der Waals surface area (Å²) in [5.74, 6) is -0.183. The van der Waals surface area contributed by atoms with Crippen molar-refractivity contribution in [3.05, 3.63) is 12.2 Å². The Balaban J connectivity index is 3.31. The van der Waals surface area contributed by atoms with Gasteiger partial charge in [-0.1, -0.05) is 70.4 Å². The summed E-state index contributed by atoms with van der Waals surface area (Å²) in [6.07, 6.45) is 22.2. The Morgan fingerprint density at radius 2 is 1.31 bits per heavy atom. The first kappa shape index (κ1) is 24.9. The van der Waals surface area contributed by atoms with E-state index in [1.54, 1.807) is 13.8 Å². The van der Waals surface area contributed by atoms with Gasteiger partial charge in [0.05, 0.1) is 5.41 Å². The molecule has 26 heavy (non-hydrogen) atoms. The zero-order valence-electron chi connectivity index (χ0n) is 17.6. The van der Waals surface area contributed by atoms with Crippen LogP contribution in [0.5, 0.6) is 0 Å². The standard InChI is InChI=1S/C23H42O3/c1-4-5-6-7-8-9-10-11-12-13-14-15-16-17-18-19-22(25)26-21-23(2,3)20-24/h11-12,20H,4-10,13-19,21H2,1-3H3/b12-11-. The van der Waals surface area contributed by atoms with Gasteiger partial charge in [-0.2, -0.15) is 0 Å². The first-order valence-corrected chi connectivity index (χ1v) is 10.8. The van der Waals surface area contributed by atoms with Crippen LogP contribution in [0, 0.1) is 5.41 Å². The molecular weight excluding hydrogens is 324 g/mol. The van der Waals surface area contributed by atoms with E-state index in [0.29, 0.717) is 6.42 Å². The summed E-state index contributed by atoms with van der Waals surface area (Å²) >= 11 is 0. The predicted octanol–water partition coefficient (Wildman–Crippen LogP) is 6.79. The lowest BCUT2D eigenvalue weighted by Crippen LogP contribution is -2.23. The summed E-state index contributed by atoms with van der Waals surface area (Å²) in [6, 6.07) is 0. The van der Waals surface area contributed by atoms with Crippen LogP contribution in [0.15, 0.2) is 12.2 Å². The summed E-state index contributed by atoms with van der Waals surface area (Å²) in [5, 5.41) is 0. The van der Waals surface area contributed by atoms with Crippen LogP contribution in [0.2, 0.25) is 0 Å². The van der Waals surface area contributed by atoms with Crippen LogP contribution < -0.4 is 0 Å². The van der Waals surface area contributed by atoms with Crippen LogP contribution >= 0.6 is 0 Å². The lowest BCUT2D eigenvalue weighted by Gasteiger charge is -2.16. The SMILES string of the molecule is CCCCCCCC/C=C\CCCCCCCC(=O)OCC(C)(C)C=O. The average Bonchev–Trinajstić information content (AvgIpc) is 2.63. The van der Waals surface area contributed by atoms with E-state index >= 15 is 0 Å². The molecule has 0 amide bonds. The van der Waals surface area contributed by atoms with Crippen LogP contribution in [0.25, 0.3) is 0 Å². The number of unbranched alkanes of at least 4 members (excludes halogenated alkanes) is 11. The maximum atomic E-state index is 11.6. The van der Waals surface area contributed by atoms with Crippen molar-refractivity contribution in [3.8, 4) is 0 Å². The normalized spacial score (nSPS) is 11.8. The zero-order valence-corrected chi connectivity index (χ0v) is 17.6. The maximum absolute atomic E-state index is 11.6. The fourth-order valence-electron chi connectivity index (χ4n) is 2.71. The highest BCUT2D eigenvalue weighted by atomic mass is 16.5. The highest BCUT2D eigenvalue weighted by Gasteiger charge is 2.18. The molecule has 0 atom stereocenters. The smallest absolute Gasteiger partial charge is 0.305 e. The molecule has 0 unspecified atom stereocenters. The third kappa shape index (κ3) is 17.7. The summed E-state index contributed by atoms with van der Waals surface area (Å²) in [4.78, 5) is 22.3. The van der Waals surface area contributed by atoms with Crippen molar-refractivity contribution in [2.45, 2.75) is 111 Å². The second kappa shape index (κ2) is 17.3. The third-order valence-corrected chi connectivity index (χ3v) is 4.57. The minimum absolute atomic E-state index is 0.181. The second-order valence-corrected chi connectivity index (χ2v) is 8.10. The van der Waals surface area contributed by atoms with Crippen LogP contribution in [0.4, 0.5) is 0 Å². The Morgan fingerprint density at radius 3 is 1.85 bits per heavy atom. The van der Waals surface area contributed by atoms with Crippen molar-refractivity contribution in [2.24, 2.45) is 5.41 Å². The van der Waals surface area contributed by atoms with Crippen molar-refractivity contribution in [1.82, 2.24) is 0 Å². The number of aldehydes is 1. The van der Waals surface area contributed by atoms with E-state index in [4.69, 9.17) is 4.74 Å². The molecule has 0 rings (SSSR count). The number of esters is 1. The van der Waals surface area contributed by atoms with Gasteiger partial charge in [-0.15, -0.1) is 0 Å². The quantitative estimate of drug-likeness (QED) is 0.116. The minimum Gasteiger partial charge on any atom is -0.465 e. The summed E-state index contributed by atoms with van der Waals surface area (Å²) < 4.78 is 5.14. The molecule has 0 N–H and O–H groups in total. The van der Waals surface area contributed by atoms with Crippen LogP contribution in [0.1, 0.15) is 111 Å². The van der Waals surface area contributed by atoms with Crippen molar-refractivity contribution in [2.75, 3.05) is 6.61 Å². The highest BCUT2D eigenvalue weighted by Crippen LogP contribution is 2.13. The van der Waals surface area contributed by atoms with Crippen LogP contribution in [0.3, 0.4) is 0 Å². The fourth-order valence-corrected chi connectivity index (χ4v) is 2.71. The largest absolute Gasteiger partial charge is 0.465 e. The minimum atomic E-state index is -0.571. The van der Waals surface area contributed by atoms with Gasteiger partial charge in [0.15, 0.2) is 0 Å². The van der Waals surface area contributed by atoms with Gasteiger partial charge >= 0.3 is 5.97 Å². The molecular formula is C23H42O3. The number of carbonyl (C=O) groups is 2. The van der Waals surface area contributed by atoms with Crippen LogP contribution in [-0.4, -0.2) is 18.9 Å². The van der Waals surface area contributed by atoms with E-state index < -0.39 is 5.41 Å². The van der Waals surface area contributed by atoms with Crippen molar-refractivity contribution < 1.29 is 14.3 Å². The monoisotopic (exact) mass is 366 g/mol. The van der Waals surface area contributed by atoms with Crippen molar-refractivity contribution >= 4 is 12.3 Å². The molecule has 152 valence electrons. The number of hydrogen-bond acceptors (Lipinski definition) is 3. The molecule has 3 heteroatoms. The number of ether oxygens (including phenoxy) is 1. The first-order chi connectivity index (χ1) is 12.5. The van der Waals surface area contributed by atoms with Crippen molar-refractivity contribution in [3.63, 3.8) is 0 Å². The fraction of sp³-hybridized carbons (Fsp3) is 0.826. The van der Waals surface area contributed by atoms with E-state index in [1.807, 2.05) is 0 Å². The van der Waals surface area contributed by atoms with Gasteiger partial charge in [0.2, 0.25) is 0 Å². The van der Waals surface area contributed by atoms with E-state index in [1.165, 1.54) is 70.6 Å². The summed E-state index contributed by atoms with van der Waals surface area (Å²) in [6.45, 7) is 5.99. The molecule has 0 saturated heterocycles. The second-order valence-electron chi connectivity index (χ2n) is 8.10. The van der Waals surface area contributed by atoms with Gasteiger partial charge < -0.3 is 9.53 Å². The summed E-state index contributed by atoms with van der Waals surface area (Å²) in [5.41, 5.74) is -0.571. The molecule has 0 heterocycles. The Morgan fingerprint density at radius 1 is 0.808 bits per heavy atom. The molecule has 3 nitrogen and oxygen atoms in total. The van der Waals surface area contributed by atoms with Crippen LogP contribution in [-0.2, 0) is 14.3 Å². The molecule has 0 radical (unpaired) electrons. The van der Waals surface area contributed by atoms with Gasteiger partial charge in [0.1, 0.15) is 12.9 Å². The molecule has 0 aliphatic rings. The van der Waals surface area contributed by atoms with Gasteiger partial charge in [-0.25, -0.2) is 0 Å². The highest BCUT2D eigenvalue weighted by molar-refractivity contribution is 5.70. The Bertz CT molecular complexity index is 372. The zero-order chi connectivity index (χ0) is 19.5. The lowest BCUT2D eigenvalue weighted by atomic mass is 9.98. The molecule has 0 aromatic heterocycles.